The maximum absolute atomic E-state index is 11.9. The number of aliphatic hydroxyl groups is 1. The van der Waals surface area contributed by atoms with E-state index in [0.717, 1.165) is 0 Å². The summed E-state index contributed by atoms with van der Waals surface area (Å²) < 4.78 is 5.15. The quantitative estimate of drug-likeness (QED) is 0.787. The molecule has 0 aromatic carbocycles. The molecule has 1 aliphatic heterocycles. The van der Waals surface area contributed by atoms with E-state index in [1.54, 1.807) is 32.2 Å². The van der Waals surface area contributed by atoms with Gasteiger partial charge in [0.25, 0.3) is 0 Å². The van der Waals surface area contributed by atoms with Crippen molar-refractivity contribution in [3.63, 3.8) is 0 Å². The molecule has 0 saturated carbocycles. The van der Waals surface area contributed by atoms with Gasteiger partial charge in [-0.2, -0.15) is 0 Å². The van der Waals surface area contributed by atoms with Gasteiger partial charge in [-0.1, -0.05) is 0 Å². The molecule has 2 heterocycles. The standard InChI is InChI=1S/C12H16N2O3/c1-8(2)17-12(16)10-4-3-5-13-11(10)14-6-9(15)7-14/h3-5,8-9,15H,6-7H2,1-2H3. The van der Waals surface area contributed by atoms with Gasteiger partial charge in [-0.25, -0.2) is 9.78 Å². The van der Waals surface area contributed by atoms with Crippen LogP contribution in [0.2, 0.25) is 0 Å². The van der Waals surface area contributed by atoms with Gasteiger partial charge in [0.05, 0.1) is 12.2 Å². The smallest absolute Gasteiger partial charge is 0.342 e. The molecule has 5 heteroatoms. The number of rotatable bonds is 3. The summed E-state index contributed by atoms with van der Waals surface area (Å²) in [5, 5.41) is 9.27. The first-order valence-corrected chi connectivity index (χ1v) is 5.67. The number of anilines is 1. The highest BCUT2D eigenvalue weighted by atomic mass is 16.5. The van der Waals surface area contributed by atoms with E-state index in [0.29, 0.717) is 24.5 Å². The van der Waals surface area contributed by atoms with Crippen LogP contribution in [0.25, 0.3) is 0 Å². The zero-order chi connectivity index (χ0) is 12.4. The van der Waals surface area contributed by atoms with E-state index in [-0.39, 0.29) is 18.2 Å². The predicted molar refractivity (Wildman–Crippen MR) is 63.0 cm³/mol. The second kappa shape index (κ2) is 4.71. The summed E-state index contributed by atoms with van der Waals surface area (Å²) in [6, 6.07) is 3.40. The molecule has 0 atom stereocenters. The van der Waals surface area contributed by atoms with Crippen molar-refractivity contribution in [1.29, 1.82) is 0 Å². The predicted octanol–water partition coefficient (Wildman–Crippen LogP) is 0.828. The minimum Gasteiger partial charge on any atom is -0.459 e. The first-order valence-electron chi connectivity index (χ1n) is 5.67. The van der Waals surface area contributed by atoms with Crippen molar-refractivity contribution >= 4 is 11.8 Å². The molecule has 1 N–H and O–H groups in total. The highest BCUT2D eigenvalue weighted by Crippen LogP contribution is 2.23. The SMILES string of the molecule is CC(C)OC(=O)c1cccnc1N1CC(O)C1. The summed E-state index contributed by atoms with van der Waals surface area (Å²) in [4.78, 5) is 17.9. The molecule has 1 aliphatic rings. The van der Waals surface area contributed by atoms with E-state index in [2.05, 4.69) is 4.98 Å². The van der Waals surface area contributed by atoms with Crippen LogP contribution in [0.15, 0.2) is 18.3 Å². The Hall–Kier alpha value is -1.62. The summed E-state index contributed by atoms with van der Waals surface area (Å²) >= 11 is 0. The molecule has 1 aromatic rings. The summed E-state index contributed by atoms with van der Waals surface area (Å²) in [6.45, 7) is 4.64. The average Bonchev–Trinajstić information content (AvgIpc) is 2.24. The lowest BCUT2D eigenvalue weighted by molar-refractivity contribution is 0.0377. The van der Waals surface area contributed by atoms with Crippen LogP contribution in [-0.2, 0) is 4.74 Å². The van der Waals surface area contributed by atoms with Crippen molar-refractivity contribution in [1.82, 2.24) is 4.98 Å². The van der Waals surface area contributed by atoms with E-state index < -0.39 is 0 Å². The van der Waals surface area contributed by atoms with Crippen molar-refractivity contribution in [2.45, 2.75) is 26.1 Å². The number of carbonyl (C=O) groups excluding carboxylic acids is 1. The number of nitrogens with zero attached hydrogens (tertiary/aromatic N) is 2. The van der Waals surface area contributed by atoms with Crippen LogP contribution in [0.1, 0.15) is 24.2 Å². The molecule has 0 radical (unpaired) electrons. The van der Waals surface area contributed by atoms with E-state index in [1.807, 2.05) is 4.90 Å². The highest BCUT2D eigenvalue weighted by Gasteiger charge is 2.29. The number of hydrogen-bond donors (Lipinski definition) is 1. The lowest BCUT2D eigenvalue weighted by Gasteiger charge is -2.37. The Labute approximate surface area is 100 Å². The fraction of sp³-hybridized carbons (Fsp3) is 0.500. The molecule has 0 unspecified atom stereocenters. The third-order valence-corrected chi connectivity index (χ3v) is 2.51. The second-order valence-electron chi connectivity index (χ2n) is 4.39. The first-order chi connectivity index (χ1) is 8.08. The van der Waals surface area contributed by atoms with Crippen LogP contribution in [-0.4, -0.2) is 41.4 Å². The summed E-state index contributed by atoms with van der Waals surface area (Å²) in [5.74, 6) is 0.216. The van der Waals surface area contributed by atoms with Gasteiger partial charge in [-0.3, -0.25) is 0 Å². The van der Waals surface area contributed by atoms with E-state index in [4.69, 9.17) is 4.74 Å². The molecule has 1 fully saturated rings. The number of pyridine rings is 1. The van der Waals surface area contributed by atoms with E-state index in [9.17, 15) is 9.90 Å². The van der Waals surface area contributed by atoms with Crippen molar-refractivity contribution in [3.05, 3.63) is 23.9 Å². The van der Waals surface area contributed by atoms with Crippen LogP contribution >= 0.6 is 0 Å². The first kappa shape index (κ1) is 11.9. The number of β-amino-alcohol motifs (C(OH)–C–C–N with tert-alkyl or cyclic N) is 1. The molecule has 92 valence electrons. The molecule has 1 saturated heterocycles. The minimum absolute atomic E-state index is 0.155. The zero-order valence-electron chi connectivity index (χ0n) is 9.96. The van der Waals surface area contributed by atoms with Crippen molar-refractivity contribution in [3.8, 4) is 0 Å². The number of esters is 1. The molecule has 2 rings (SSSR count). The number of aromatic nitrogens is 1. The Balaban J connectivity index is 2.19. The van der Waals surface area contributed by atoms with Gasteiger partial charge in [0, 0.05) is 19.3 Å². The minimum atomic E-state index is -0.371. The topological polar surface area (TPSA) is 62.7 Å². The molecule has 0 amide bonds. The van der Waals surface area contributed by atoms with Crippen LogP contribution in [0, 0.1) is 0 Å². The maximum atomic E-state index is 11.9. The van der Waals surface area contributed by atoms with Crippen molar-refractivity contribution in [2.24, 2.45) is 0 Å². The van der Waals surface area contributed by atoms with E-state index in [1.165, 1.54) is 0 Å². The van der Waals surface area contributed by atoms with Gasteiger partial charge < -0.3 is 14.7 Å². The van der Waals surface area contributed by atoms with E-state index >= 15 is 0 Å². The Kier molecular flexibility index (Phi) is 3.28. The second-order valence-corrected chi connectivity index (χ2v) is 4.39. The van der Waals surface area contributed by atoms with Gasteiger partial charge >= 0.3 is 5.97 Å². The lowest BCUT2D eigenvalue weighted by Crippen LogP contribution is -2.51. The van der Waals surface area contributed by atoms with Crippen molar-refractivity contribution in [2.75, 3.05) is 18.0 Å². The zero-order valence-corrected chi connectivity index (χ0v) is 9.96. The van der Waals surface area contributed by atoms with Crippen LogP contribution in [0.5, 0.6) is 0 Å². The molecule has 0 spiro atoms. The van der Waals surface area contributed by atoms with Crippen LogP contribution in [0.4, 0.5) is 5.82 Å². The molecule has 5 nitrogen and oxygen atoms in total. The Morgan fingerprint density at radius 3 is 2.88 bits per heavy atom. The Morgan fingerprint density at radius 1 is 1.59 bits per heavy atom. The Morgan fingerprint density at radius 2 is 2.29 bits per heavy atom. The molecule has 17 heavy (non-hydrogen) atoms. The fourth-order valence-electron chi connectivity index (χ4n) is 1.71. The molecule has 0 aliphatic carbocycles. The number of hydrogen-bond acceptors (Lipinski definition) is 5. The number of carbonyl (C=O) groups is 1. The molecular weight excluding hydrogens is 220 g/mol. The van der Waals surface area contributed by atoms with Gasteiger partial charge in [-0.05, 0) is 26.0 Å². The van der Waals surface area contributed by atoms with Gasteiger partial charge in [0.1, 0.15) is 11.4 Å². The summed E-state index contributed by atoms with van der Waals surface area (Å²) in [6.07, 6.45) is 1.15. The average molecular weight is 236 g/mol. The van der Waals surface area contributed by atoms with Gasteiger partial charge in [0.2, 0.25) is 0 Å². The highest BCUT2D eigenvalue weighted by molar-refractivity contribution is 5.95. The Bertz CT molecular complexity index is 414. The largest absolute Gasteiger partial charge is 0.459 e. The third kappa shape index (κ3) is 2.55. The van der Waals surface area contributed by atoms with Gasteiger partial charge in [-0.15, -0.1) is 0 Å². The maximum Gasteiger partial charge on any atom is 0.342 e. The molecule has 1 aromatic heterocycles. The fourth-order valence-corrected chi connectivity index (χ4v) is 1.71. The number of ether oxygens (including phenoxy) is 1. The lowest BCUT2D eigenvalue weighted by atomic mass is 10.1. The van der Waals surface area contributed by atoms with Crippen LogP contribution in [0.3, 0.4) is 0 Å². The number of aliphatic hydroxyl groups excluding tert-OH is 1. The molecular formula is C12H16N2O3. The van der Waals surface area contributed by atoms with Gasteiger partial charge in [0.15, 0.2) is 0 Å². The van der Waals surface area contributed by atoms with Crippen LogP contribution < -0.4 is 4.90 Å². The summed E-state index contributed by atoms with van der Waals surface area (Å²) in [5.41, 5.74) is 0.452. The normalized spacial score (nSPS) is 15.9. The monoisotopic (exact) mass is 236 g/mol. The third-order valence-electron chi connectivity index (χ3n) is 2.51. The van der Waals surface area contributed by atoms with Crippen molar-refractivity contribution < 1.29 is 14.6 Å². The summed E-state index contributed by atoms with van der Waals surface area (Å²) in [7, 11) is 0. The molecule has 0 bridgehead atoms.